The number of hydrogen-bond donors (Lipinski definition) is 0. The zero-order valence-corrected chi connectivity index (χ0v) is 19.2. The second kappa shape index (κ2) is 7.97. The number of hydrogen-bond acceptors (Lipinski definition) is 2. The molecule has 4 aliphatic carbocycles. The van der Waals surface area contributed by atoms with Gasteiger partial charge in [0.25, 0.3) is 0 Å². The molecule has 0 heterocycles. The van der Waals surface area contributed by atoms with Crippen LogP contribution in [0.2, 0.25) is 0 Å². The van der Waals surface area contributed by atoms with Gasteiger partial charge in [0.05, 0.1) is 0 Å². The molecule has 0 spiro atoms. The lowest BCUT2D eigenvalue weighted by Crippen LogP contribution is -2.49. The van der Waals surface area contributed by atoms with Gasteiger partial charge in [-0.2, -0.15) is 0 Å². The number of carbonyl (C=O) groups is 2. The third-order valence-electron chi connectivity index (χ3n) is 10.2. The van der Waals surface area contributed by atoms with E-state index in [4.69, 9.17) is 0 Å². The van der Waals surface area contributed by atoms with E-state index in [0.717, 1.165) is 62.1 Å². The third-order valence-corrected chi connectivity index (χ3v) is 10.2. The summed E-state index contributed by atoms with van der Waals surface area (Å²) in [6, 6.07) is 0. The zero-order chi connectivity index (χ0) is 20.8. The van der Waals surface area contributed by atoms with E-state index in [9.17, 15) is 9.59 Å². The highest BCUT2D eigenvalue weighted by atomic mass is 16.1. The van der Waals surface area contributed by atoms with Crippen LogP contribution in [-0.4, -0.2) is 12.1 Å². The molecular weight excluding hydrogens is 356 g/mol. The molecule has 4 rings (SSSR count). The largest absolute Gasteiger partial charge is 0.303 e. The van der Waals surface area contributed by atoms with Crippen molar-refractivity contribution in [3.8, 4) is 0 Å². The maximum atomic E-state index is 12.1. The first-order valence-electron chi connectivity index (χ1n) is 12.5. The minimum absolute atomic E-state index is 0.216. The molecule has 8 atom stereocenters. The lowest BCUT2D eigenvalue weighted by atomic mass is 9.47. The molecule has 0 N–H and O–H groups in total. The van der Waals surface area contributed by atoms with Crippen LogP contribution in [0.1, 0.15) is 98.3 Å². The lowest BCUT2D eigenvalue weighted by molar-refractivity contribution is -0.127. The molecular formula is C27H42O2. The van der Waals surface area contributed by atoms with Crippen LogP contribution in [0.5, 0.6) is 0 Å². The summed E-state index contributed by atoms with van der Waals surface area (Å²) in [6.07, 6.45) is 16.6. The Morgan fingerprint density at radius 3 is 2.59 bits per heavy atom. The van der Waals surface area contributed by atoms with E-state index in [0.29, 0.717) is 22.5 Å². The van der Waals surface area contributed by atoms with Gasteiger partial charge in [-0.25, -0.2) is 0 Å². The van der Waals surface area contributed by atoms with Crippen molar-refractivity contribution in [2.45, 2.75) is 98.3 Å². The van der Waals surface area contributed by atoms with Crippen molar-refractivity contribution in [2.75, 3.05) is 0 Å². The fraction of sp³-hybridized carbons (Fsp3) is 0.852. The average Bonchev–Trinajstić information content (AvgIpc) is 3.05. The van der Waals surface area contributed by atoms with Gasteiger partial charge in [-0.3, -0.25) is 4.79 Å². The third kappa shape index (κ3) is 3.57. The molecule has 0 aromatic rings. The van der Waals surface area contributed by atoms with E-state index < -0.39 is 0 Å². The Morgan fingerprint density at radius 2 is 1.83 bits per heavy atom. The Bertz CT molecular complexity index is 678. The Balaban J connectivity index is 1.48. The van der Waals surface area contributed by atoms with Crippen molar-refractivity contribution >= 4 is 12.1 Å². The van der Waals surface area contributed by atoms with Crippen molar-refractivity contribution in [1.29, 1.82) is 0 Å². The highest BCUT2D eigenvalue weighted by Crippen LogP contribution is 2.66. The van der Waals surface area contributed by atoms with Gasteiger partial charge < -0.3 is 4.79 Å². The monoisotopic (exact) mass is 398 g/mol. The topological polar surface area (TPSA) is 34.1 Å². The molecule has 0 bridgehead atoms. The fourth-order valence-electron chi connectivity index (χ4n) is 8.31. The van der Waals surface area contributed by atoms with Crippen LogP contribution in [0.15, 0.2) is 11.6 Å². The SMILES string of the molecule is CC(C=O)CCCC(C)[C@H]1CCC2C3=CC[C@H]4CC(=O)CC[C@]4(C)C3CC[C@@]21C. The number of fused-ring (bicyclic) bond motifs is 5. The molecule has 0 aromatic carbocycles. The normalized spacial score (nSPS) is 43.6. The Kier molecular flexibility index (Phi) is 5.86. The van der Waals surface area contributed by atoms with E-state index in [1.807, 2.05) is 6.92 Å². The van der Waals surface area contributed by atoms with Gasteiger partial charge in [0, 0.05) is 18.8 Å². The highest BCUT2D eigenvalue weighted by molar-refractivity contribution is 5.79. The second-order valence-corrected chi connectivity index (χ2v) is 11.7. The van der Waals surface area contributed by atoms with Crippen LogP contribution in [0.25, 0.3) is 0 Å². The molecule has 0 aromatic heterocycles. The first-order chi connectivity index (χ1) is 13.8. The van der Waals surface area contributed by atoms with Crippen molar-refractivity contribution in [2.24, 2.45) is 46.3 Å². The van der Waals surface area contributed by atoms with E-state index in [1.165, 1.54) is 38.5 Å². The predicted molar refractivity (Wildman–Crippen MR) is 118 cm³/mol. The van der Waals surface area contributed by atoms with Gasteiger partial charge in [0.2, 0.25) is 0 Å². The zero-order valence-electron chi connectivity index (χ0n) is 19.2. The molecule has 162 valence electrons. The van der Waals surface area contributed by atoms with Crippen molar-refractivity contribution < 1.29 is 9.59 Å². The summed E-state index contributed by atoms with van der Waals surface area (Å²) in [6.45, 7) is 9.66. The van der Waals surface area contributed by atoms with E-state index in [-0.39, 0.29) is 5.92 Å². The molecule has 3 fully saturated rings. The first-order valence-corrected chi connectivity index (χ1v) is 12.5. The molecule has 3 saturated carbocycles. The first kappa shape index (κ1) is 21.3. The molecule has 4 aliphatic rings. The number of Topliss-reactive ketones (excluding diaryl/α,β-unsaturated/α-hetero) is 1. The Hall–Kier alpha value is -0.920. The smallest absolute Gasteiger partial charge is 0.133 e. The minimum atomic E-state index is 0.216. The van der Waals surface area contributed by atoms with Crippen molar-refractivity contribution in [3.05, 3.63) is 11.6 Å². The standard InChI is InChI=1S/C27H42O2/c1-18(17-28)6-5-7-19(2)23-10-11-24-22-9-8-20-16-21(29)12-14-26(20,3)25(22)13-15-27(23,24)4/h9,17-20,23-25H,5-8,10-16H2,1-4H3/t18?,19?,20-,23+,24?,25?,26-,27+/m0/s1. The molecule has 0 amide bonds. The fourth-order valence-corrected chi connectivity index (χ4v) is 8.31. The highest BCUT2D eigenvalue weighted by Gasteiger charge is 2.58. The van der Waals surface area contributed by atoms with E-state index in [2.05, 4.69) is 26.8 Å². The van der Waals surface area contributed by atoms with Crippen molar-refractivity contribution in [1.82, 2.24) is 0 Å². The summed E-state index contributed by atoms with van der Waals surface area (Å²) in [5.41, 5.74) is 2.64. The molecule has 29 heavy (non-hydrogen) atoms. The van der Waals surface area contributed by atoms with Crippen LogP contribution in [0, 0.1) is 46.3 Å². The van der Waals surface area contributed by atoms with Crippen LogP contribution in [0.3, 0.4) is 0 Å². The van der Waals surface area contributed by atoms with Gasteiger partial charge in [-0.15, -0.1) is 0 Å². The maximum absolute atomic E-state index is 12.1. The van der Waals surface area contributed by atoms with E-state index in [1.54, 1.807) is 5.57 Å². The summed E-state index contributed by atoms with van der Waals surface area (Å²) in [5, 5.41) is 0. The molecule has 0 aliphatic heterocycles. The van der Waals surface area contributed by atoms with Gasteiger partial charge in [0.1, 0.15) is 12.1 Å². The second-order valence-electron chi connectivity index (χ2n) is 11.7. The van der Waals surface area contributed by atoms with Crippen LogP contribution in [-0.2, 0) is 9.59 Å². The Labute approximate surface area is 178 Å². The van der Waals surface area contributed by atoms with Crippen LogP contribution in [0.4, 0.5) is 0 Å². The van der Waals surface area contributed by atoms with Gasteiger partial charge in [-0.1, -0.05) is 52.2 Å². The number of allylic oxidation sites excluding steroid dienone is 2. The Morgan fingerprint density at radius 1 is 1.07 bits per heavy atom. The van der Waals surface area contributed by atoms with Crippen molar-refractivity contribution in [3.63, 3.8) is 0 Å². The molecule has 2 heteroatoms. The lowest BCUT2D eigenvalue weighted by Gasteiger charge is -2.57. The summed E-state index contributed by atoms with van der Waals surface area (Å²) < 4.78 is 0. The number of carbonyl (C=O) groups excluding carboxylic acids is 2. The summed E-state index contributed by atoms with van der Waals surface area (Å²) in [7, 11) is 0. The molecule has 0 saturated heterocycles. The molecule has 4 unspecified atom stereocenters. The van der Waals surface area contributed by atoms with Crippen LogP contribution < -0.4 is 0 Å². The number of ketones is 1. The summed E-state index contributed by atoms with van der Waals surface area (Å²) in [4.78, 5) is 23.0. The summed E-state index contributed by atoms with van der Waals surface area (Å²) in [5.74, 6) is 4.42. The molecule has 2 nitrogen and oxygen atoms in total. The van der Waals surface area contributed by atoms with Gasteiger partial charge >= 0.3 is 0 Å². The number of rotatable bonds is 6. The average molecular weight is 399 g/mol. The molecule has 0 radical (unpaired) electrons. The van der Waals surface area contributed by atoms with Gasteiger partial charge in [0.15, 0.2) is 0 Å². The number of aldehydes is 1. The van der Waals surface area contributed by atoms with E-state index >= 15 is 0 Å². The maximum Gasteiger partial charge on any atom is 0.133 e. The summed E-state index contributed by atoms with van der Waals surface area (Å²) >= 11 is 0. The van der Waals surface area contributed by atoms with Crippen LogP contribution >= 0.6 is 0 Å². The predicted octanol–water partition coefficient (Wildman–Crippen LogP) is 6.78. The minimum Gasteiger partial charge on any atom is -0.303 e. The van der Waals surface area contributed by atoms with Gasteiger partial charge in [-0.05, 0) is 85.4 Å². The quantitative estimate of drug-likeness (QED) is 0.365.